The van der Waals surface area contributed by atoms with E-state index in [9.17, 15) is 9.90 Å². The second-order valence-electron chi connectivity index (χ2n) is 3.69. The van der Waals surface area contributed by atoms with Crippen LogP contribution in [0.4, 0.5) is 0 Å². The minimum absolute atomic E-state index is 0.230. The van der Waals surface area contributed by atoms with Gasteiger partial charge in [0.05, 0.1) is 5.92 Å². The number of hydrogen-bond acceptors (Lipinski definition) is 2. The number of fused-ring (bicyclic) bond motifs is 1. The van der Waals surface area contributed by atoms with Crippen molar-refractivity contribution in [2.45, 2.75) is 19.3 Å². The molecule has 0 saturated heterocycles. The molecule has 0 fully saturated rings. The molecule has 0 bridgehead atoms. The number of phenols is 1. The van der Waals surface area contributed by atoms with E-state index in [1.54, 1.807) is 12.1 Å². The largest absolute Gasteiger partial charge is 0.508 e. The molecule has 0 amide bonds. The zero-order valence-corrected chi connectivity index (χ0v) is 7.73. The molecule has 1 aromatic carbocycles. The van der Waals surface area contributed by atoms with E-state index in [2.05, 4.69) is 0 Å². The lowest BCUT2D eigenvalue weighted by Gasteiger charge is -2.21. The van der Waals surface area contributed by atoms with E-state index >= 15 is 0 Å². The van der Waals surface area contributed by atoms with Crippen molar-refractivity contribution in [1.82, 2.24) is 0 Å². The van der Waals surface area contributed by atoms with Gasteiger partial charge >= 0.3 is 5.97 Å². The van der Waals surface area contributed by atoms with Crippen LogP contribution in [0.15, 0.2) is 18.2 Å². The molecule has 74 valence electrons. The standard InChI is InChI=1S/C11H12O3/c12-10-3-1-2-7-4-5-8(11(13)14)6-9(7)10/h1-3,8,12H,4-6H2,(H,13,14)/t8-/m0/s1. The van der Waals surface area contributed by atoms with Crippen molar-refractivity contribution in [2.24, 2.45) is 5.92 Å². The topological polar surface area (TPSA) is 57.5 Å². The van der Waals surface area contributed by atoms with Crippen LogP contribution in [0.2, 0.25) is 0 Å². The molecule has 0 heterocycles. The summed E-state index contributed by atoms with van der Waals surface area (Å²) in [6, 6.07) is 5.37. The highest BCUT2D eigenvalue weighted by molar-refractivity contribution is 5.71. The van der Waals surface area contributed by atoms with Crippen molar-refractivity contribution < 1.29 is 15.0 Å². The van der Waals surface area contributed by atoms with Gasteiger partial charge in [-0.2, -0.15) is 0 Å². The Morgan fingerprint density at radius 1 is 1.43 bits per heavy atom. The predicted molar refractivity (Wildman–Crippen MR) is 51.3 cm³/mol. The second-order valence-corrected chi connectivity index (χ2v) is 3.69. The van der Waals surface area contributed by atoms with Gasteiger partial charge in [0.25, 0.3) is 0 Å². The average Bonchev–Trinajstić information content (AvgIpc) is 2.18. The molecule has 2 rings (SSSR count). The molecule has 0 spiro atoms. The van der Waals surface area contributed by atoms with Gasteiger partial charge < -0.3 is 10.2 Å². The number of carboxylic acid groups (broad SMARTS) is 1. The van der Waals surface area contributed by atoms with Crippen molar-refractivity contribution in [2.75, 3.05) is 0 Å². The van der Waals surface area contributed by atoms with Crippen LogP contribution in [0.3, 0.4) is 0 Å². The lowest BCUT2D eigenvalue weighted by Crippen LogP contribution is -2.22. The van der Waals surface area contributed by atoms with Gasteiger partial charge in [0.2, 0.25) is 0 Å². The Labute approximate surface area is 82.0 Å². The van der Waals surface area contributed by atoms with E-state index < -0.39 is 5.97 Å². The van der Waals surface area contributed by atoms with E-state index in [1.807, 2.05) is 6.07 Å². The summed E-state index contributed by atoms with van der Waals surface area (Å²) in [4.78, 5) is 10.8. The second kappa shape index (κ2) is 3.33. The molecule has 3 nitrogen and oxygen atoms in total. The Morgan fingerprint density at radius 3 is 2.93 bits per heavy atom. The van der Waals surface area contributed by atoms with Crippen molar-refractivity contribution in [3.05, 3.63) is 29.3 Å². The molecular weight excluding hydrogens is 180 g/mol. The van der Waals surface area contributed by atoms with Gasteiger partial charge in [-0.15, -0.1) is 0 Å². The van der Waals surface area contributed by atoms with E-state index in [1.165, 1.54) is 0 Å². The third kappa shape index (κ3) is 1.45. The van der Waals surface area contributed by atoms with Crippen molar-refractivity contribution in [1.29, 1.82) is 0 Å². The third-order valence-corrected chi connectivity index (χ3v) is 2.81. The number of aliphatic carboxylic acids is 1. The van der Waals surface area contributed by atoms with Gasteiger partial charge in [0.1, 0.15) is 5.75 Å². The number of aryl methyl sites for hydroxylation is 1. The Balaban J connectivity index is 2.33. The van der Waals surface area contributed by atoms with Crippen molar-refractivity contribution in [3.8, 4) is 5.75 Å². The number of aromatic hydroxyl groups is 1. The maximum absolute atomic E-state index is 10.8. The summed E-state index contributed by atoms with van der Waals surface area (Å²) in [6.45, 7) is 0. The smallest absolute Gasteiger partial charge is 0.306 e. The van der Waals surface area contributed by atoms with E-state index in [0.29, 0.717) is 12.8 Å². The highest BCUT2D eigenvalue weighted by atomic mass is 16.4. The van der Waals surface area contributed by atoms with E-state index in [4.69, 9.17) is 5.11 Å². The maximum Gasteiger partial charge on any atom is 0.306 e. The molecule has 2 N–H and O–H groups in total. The monoisotopic (exact) mass is 192 g/mol. The summed E-state index contributed by atoms with van der Waals surface area (Å²) in [5.41, 5.74) is 1.90. The molecule has 0 aliphatic heterocycles. The first-order chi connectivity index (χ1) is 6.68. The summed E-state index contributed by atoms with van der Waals surface area (Å²) in [5, 5.41) is 18.4. The maximum atomic E-state index is 10.8. The molecule has 1 atom stereocenters. The zero-order valence-electron chi connectivity index (χ0n) is 7.73. The van der Waals surface area contributed by atoms with E-state index in [0.717, 1.165) is 17.5 Å². The van der Waals surface area contributed by atoms with Crippen LogP contribution < -0.4 is 0 Å². The van der Waals surface area contributed by atoms with Crippen LogP contribution in [0.1, 0.15) is 17.5 Å². The first-order valence-electron chi connectivity index (χ1n) is 4.71. The van der Waals surface area contributed by atoms with Crippen LogP contribution in [0.25, 0.3) is 0 Å². The Kier molecular flexibility index (Phi) is 2.15. The lowest BCUT2D eigenvalue weighted by atomic mass is 9.83. The fraction of sp³-hybridized carbons (Fsp3) is 0.364. The van der Waals surface area contributed by atoms with Gasteiger partial charge in [0, 0.05) is 0 Å². The minimum Gasteiger partial charge on any atom is -0.508 e. The van der Waals surface area contributed by atoms with Crippen LogP contribution in [0, 0.1) is 5.92 Å². The van der Waals surface area contributed by atoms with Gasteiger partial charge in [0.15, 0.2) is 0 Å². The number of phenolic OH excluding ortho intramolecular Hbond substituents is 1. The van der Waals surface area contributed by atoms with Gasteiger partial charge in [-0.1, -0.05) is 12.1 Å². The Morgan fingerprint density at radius 2 is 2.21 bits per heavy atom. The fourth-order valence-corrected chi connectivity index (χ4v) is 1.98. The summed E-state index contributed by atoms with van der Waals surface area (Å²) < 4.78 is 0. The predicted octanol–water partition coefficient (Wildman–Crippen LogP) is 1.58. The van der Waals surface area contributed by atoms with Gasteiger partial charge in [-0.3, -0.25) is 4.79 Å². The molecule has 1 aromatic rings. The molecule has 1 aliphatic rings. The summed E-state index contributed by atoms with van der Waals surface area (Å²) in [5.74, 6) is -0.872. The van der Waals surface area contributed by atoms with E-state index in [-0.39, 0.29) is 11.7 Å². The molecule has 14 heavy (non-hydrogen) atoms. The summed E-state index contributed by atoms with van der Waals surface area (Å²) >= 11 is 0. The summed E-state index contributed by atoms with van der Waals surface area (Å²) in [6.07, 6.45) is 1.88. The van der Waals surface area contributed by atoms with Crippen molar-refractivity contribution >= 4 is 5.97 Å². The zero-order chi connectivity index (χ0) is 10.1. The van der Waals surface area contributed by atoms with Crippen LogP contribution in [-0.4, -0.2) is 16.2 Å². The SMILES string of the molecule is O=C(O)[C@H]1CCc2cccc(O)c2C1. The highest BCUT2D eigenvalue weighted by Gasteiger charge is 2.25. The fourth-order valence-electron chi connectivity index (χ4n) is 1.98. The lowest BCUT2D eigenvalue weighted by molar-refractivity contribution is -0.142. The third-order valence-electron chi connectivity index (χ3n) is 2.81. The van der Waals surface area contributed by atoms with Gasteiger partial charge in [-0.25, -0.2) is 0 Å². The first-order valence-corrected chi connectivity index (χ1v) is 4.71. The average molecular weight is 192 g/mol. The normalized spacial score (nSPS) is 20.1. The van der Waals surface area contributed by atoms with Crippen LogP contribution in [0.5, 0.6) is 5.75 Å². The molecule has 0 saturated carbocycles. The number of carbonyl (C=O) groups is 1. The number of rotatable bonds is 1. The Hall–Kier alpha value is -1.51. The van der Waals surface area contributed by atoms with Gasteiger partial charge in [-0.05, 0) is 36.5 Å². The first kappa shape index (κ1) is 9.06. The molecule has 0 radical (unpaired) electrons. The van der Waals surface area contributed by atoms with Crippen LogP contribution >= 0.6 is 0 Å². The number of hydrogen-bond donors (Lipinski definition) is 2. The molecule has 0 unspecified atom stereocenters. The molecular formula is C11H12O3. The highest BCUT2D eigenvalue weighted by Crippen LogP contribution is 2.31. The molecule has 1 aliphatic carbocycles. The molecule has 0 aromatic heterocycles. The Bertz CT molecular complexity index is 371. The number of carboxylic acids is 1. The minimum atomic E-state index is -0.765. The number of benzene rings is 1. The molecule has 3 heteroatoms. The quantitative estimate of drug-likeness (QED) is 0.710. The summed E-state index contributed by atoms with van der Waals surface area (Å²) in [7, 11) is 0. The van der Waals surface area contributed by atoms with Crippen molar-refractivity contribution in [3.63, 3.8) is 0 Å². The van der Waals surface area contributed by atoms with Crippen LogP contribution in [-0.2, 0) is 17.6 Å².